The maximum Gasteiger partial charge on any atom is 0.217 e. The highest BCUT2D eigenvalue weighted by atomic mass is 16.1. The van der Waals surface area contributed by atoms with Crippen molar-refractivity contribution in [3.05, 3.63) is 23.8 Å². The van der Waals surface area contributed by atoms with Crippen LogP contribution >= 0.6 is 0 Å². The second kappa shape index (κ2) is 4.91. The topological polar surface area (TPSA) is 81.1 Å². The number of carbonyl (C=O) groups excluding carboxylic acids is 1. The highest BCUT2D eigenvalue weighted by Gasteiger charge is 1.97. The van der Waals surface area contributed by atoms with Crippen molar-refractivity contribution in [2.45, 2.75) is 6.92 Å². The Labute approximate surface area is 88.6 Å². The van der Waals surface area contributed by atoms with Gasteiger partial charge < -0.3 is 16.8 Å². The van der Waals surface area contributed by atoms with Gasteiger partial charge >= 0.3 is 0 Å². The van der Waals surface area contributed by atoms with Gasteiger partial charge in [0.05, 0.1) is 17.9 Å². The van der Waals surface area contributed by atoms with Crippen LogP contribution in [0, 0.1) is 11.8 Å². The third-order valence-corrected chi connectivity index (χ3v) is 1.79. The molecule has 1 rings (SSSR count). The molecule has 0 heterocycles. The Bertz CT molecular complexity index is 429. The van der Waals surface area contributed by atoms with Crippen LogP contribution in [0.2, 0.25) is 0 Å². The zero-order valence-electron chi connectivity index (χ0n) is 8.50. The molecule has 4 heteroatoms. The number of nitrogens with two attached hydrogens (primary N) is 2. The van der Waals surface area contributed by atoms with Gasteiger partial charge in [-0.15, -0.1) is 0 Å². The summed E-state index contributed by atoms with van der Waals surface area (Å²) >= 11 is 0. The standard InChI is InChI=1S/C11H13N3O/c1-8(15)14-7-3-5-9-4-2-6-10(12)11(9)13/h2,4,6H,7,12-13H2,1H3,(H,14,15). The Kier molecular flexibility index (Phi) is 3.58. The number of amides is 1. The molecule has 0 unspecified atom stereocenters. The van der Waals surface area contributed by atoms with Crippen LogP contribution in [0.3, 0.4) is 0 Å². The largest absolute Gasteiger partial charge is 0.397 e. The average molecular weight is 203 g/mol. The summed E-state index contributed by atoms with van der Waals surface area (Å²) in [4.78, 5) is 10.6. The third kappa shape index (κ3) is 3.24. The number of hydrogen-bond donors (Lipinski definition) is 3. The van der Waals surface area contributed by atoms with Gasteiger partial charge in [-0.25, -0.2) is 0 Å². The Morgan fingerprint density at radius 2 is 2.20 bits per heavy atom. The summed E-state index contributed by atoms with van der Waals surface area (Å²) in [5.74, 6) is 5.52. The van der Waals surface area contributed by atoms with Crippen molar-refractivity contribution in [2.24, 2.45) is 0 Å². The number of benzene rings is 1. The SMILES string of the molecule is CC(=O)NCC#Cc1cccc(N)c1N. The van der Waals surface area contributed by atoms with E-state index in [-0.39, 0.29) is 5.91 Å². The predicted octanol–water partition coefficient (Wildman–Crippen LogP) is 0.339. The molecule has 5 N–H and O–H groups in total. The fourth-order valence-corrected chi connectivity index (χ4v) is 1.00. The van der Waals surface area contributed by atoms with Crippen molar-refractivity contribution in [3.63, 3.8) is 0 Å². The van der Waals surface area contributed by atoms with Crippen molar-refractivity contribution >= 4 is 17.3 Å². The minimum absolute atomic E-state index is 0.107. The molecule has 0 saturated heterocycles. The Hall–Kier alpha value is -2.15. The van der Waals surface area contributed by atoms with E-state index < -0.39 is 0 Å². The molecule has 0 aromatic heterocycles. The molecule has 1 amide bonds. The van der Waals surface area contributed by atoms with Gasteiger partial charge in [0.2, 0.25) is 5.91 Å². The molecule has 4 nitrogen and oxygen atoms in total. The monoisotopic (exact) mass is 203 g/mol. The lowest BCUT2D eigenvalue weighted by atomic mass is 10.1. The van der Waals surface area contributed by atoms with Crippen molar-refractivity contribution in [3.8, 4) is 11.8 Å². The number of para-hydroxylation sites is 1. The second-order valence-electron chi connectivity index (χ2n) is 3.02. The van der Waals surface area contributed by atoms with Crippen LogP contribution in [0.4, 0.5) is 11.4 Å². The lowest BCUT2D eigenvalue weighted by molar-refractivity contribution is -0.118. The molecule has 15 heavy (non-hydrogen) atoms. The number of hydrogen-bond acceptors (Lipinski definition) is 3. The maximum absolute atomic E-state index is 10.6. The van der Waals surface area contributed by atoms with Crippen LogP contribution in [0.15, 0.2) is 18.2 Å². The van der Waals surface area contributed by atoms with E-state index in [1.165, 1.54) is 6.92 Å². The summed E-state index contributed by atoms with van der Waals surface area (Å²) < 4.78 is 0. The molecule has 0 aliphatic carbocycles. The number of carbonyl (C=O) groups is 1. The molecular formula is C11H13N3O. The lowest BCUT2D eigenvalue weighted by Gasteiger charge is -2.00. The Morgan fingerprint density at radius 1 is 1.47 bits per heavy atom. The van der Waals surface area contributed by atoms with Gasteiger partial charge in [-0.05, 0) is 12.1 Å². The van der Waals surface area contributed by atoms with E-state index in [0.717, 1.165) is 0 Å². The first kappa shape index (κ1) is 10.9. The van der Waals surface area contributed by atoms with Crippen LogP contribution in [0.5, 0.6) is 0 Å². The molecule has 0 fully saturated rings. The number of rotatable bonds is 1. The first-order valence-corrected chi connectivity index (χ1v) is 4.48. The van der Waals surface area contributed by atoms with Crippen LogP contribution in [-0.2, 0) is 4.79 Å². The first-order valence-electron chi connectivity index (χ1n) is 4.48. The average Bonchev–Trinajstić information content (AvgIpc) is 2.18. The molecular weight excluding hydrogens is 190 g/mol. The maximum atomic E-state index is 10.6. The van der Waals surface area contributed by atoms with E-state index >= 15 is 0 Å². The van der Waals surface area contributed by atoms with Crippen molar-refractivity contribution in [1.29, 1.82) is 0 Å². The zero-order valence-corrected chi connectivity index (χ0v) is 8.50. The van der Waals surface area contributed by atoms with Crippen LogP contribution in [-0.4, -0.2) is 12.5 Å². The molecule has 1 aromatic rings. The van der Waals surface area contributed by atoms with Crippen molar-refractivity contribution in [2.75, 3.05) is 18.0 Å². The van der Waals surface area contributed by atoms with Crippen LogP contribution in [0.1, 0.15) is 12.5 Å². The quantitative estimate of drug-likeness (QED) is 0.454. The van der Waals surface area contributed by atoms with Gasteiger partial charge in [-0.1, -0.05) is 17.9 Å². The Morgan fingerprint density at radius 3 is 2.87 bits per heavy atom. The van der Waals surface area contributed by atoms with Gasteiger partial charge in [0.25, 0.3) is 0 Å². The van der Waals surface area contributed by atoms with E-state index in [4.69, 9.17) is 11.5 Å². The van der Waals surface area contributed by atoms with E-state index in [9.17, 15) is 4.79 Å². The molecule has 0 aliphatic heterocycles. The third-order valence-electron chi connectivity index (χ3n) is 1.79. The minimum Gasteiger partial charge on any atom is -0.397 e. The van der Waals surface area contributed by atoms with Crippen LogP contribution in [0.25, 0.3) is 0 Å². The van der Waals surface area contributed by atoms with E-state index in [1.54, 1.807) is 18.2 Å². The van der Waals surface area contributed by atoms with Gasteiger partial charge in [-0.2, -0.15) is 0 Å². The van der Waals surface area contributed by atoms with Gasteiger partial charge in [0, 0.05) is 12.5 Å². The molecule has 0 atom stereocenters. The van der Waals surface area contributed by atoms with Crippen molar-refractivity contribution in [1.82, 2.24) is 5.32 Å². The number of nitrogen functional groups attached to an aromatic ring is 2. The summed E-state index contributed by atoms with van der Waals surface area (Å²) in [5.41, 5.74) is 13.0. The summed E-state index contributed by atoms with van der Waals surface area (Å²) in [5, 5.41) is 2.57. The summed E-state index contributed by atoms with van der Waals surface area (Å²) in [7, 11) is 0. The van der Waals surface area contributed by atoms with Crippen LogP contribution < -0.4 is 16.8 Å². The number of anilines is 2. The second-order valence-corrected chi connectivity index (χ2v) is 3.02. The Balaban J connectivity index is 2.72. The molecule has 1 aromatic carbocycles. The molecule has 78 valence electrons. The minimum atomic E-state index is -0.107. The smallest absolute Gasteiger partial charge is 0.217 e. The van der Waals surface area contributed by atoms with Gasteiger partial charge in [0.15, 0.2) is 0 Å². The van der Waals surface area contributed by atoms with E-state index in [1.807, 2.05) is 0 Å². The molecule has 0 bridgehead atoms. The number of nitrogens with one attached hydrogen (secondary N) is 1. The fraction of sp³-hybridized carbons (Fsp3) is 0.182. The lowest BCUT2D eigenvalue weighted by Crippen LogP contribution is -2.19. The summed E-state index contributed by atoms with van der Waals surface area (Å²) in [6.45, 7) is 1.75. The molecule has 0 spiro atoms. The zero-order chi connectivity index (χ0) is 11.3. The molecule has 0 radical (unpaired) electrons. The van der Waals surface area contributed by atoms with Gasteiger partial charge in [-0.3, -0.25) is 4.79 Å². The predicted molar refractivity (Wildman–Crippen MR) is 60.8 cm³/mol. The molecule has 0 aliphatic rings. The first-order chi connectivity index (χ1) is 7.11. The highest BCUT2D eigenvalue weighted by molar-refractivity contribution is 5.73. The normalized spacial score (nSPS) is 8.87. The van der Waals surface area contributed by atoms with E-state index in [0.29, 0.717) is 23.5 Å². The van der Waals surface area contributed by atoms with E-state index in [2.05, 4.69) is 17.2 Å². The summed E-state index contributed by atoms with van der Waals surface area (Å²) in [6, 6.07) is 5.29. The highest BCUT2D eigenvalue weighted by Crippen LogP contribution is 2.17. The van der Waals surface area contributed by atoms with Gasteiger partial charge in [0.1, 0.15) is 0 Å². The fourth-order valence-electron chi connectivity index (χ4n) is 1.00. The summed E-state index contributed by atoms with van der Waals surface area (Å²) in [6.07, 6.45) is 0. The molecule has 0 saturated carbocycles. The van der Waals surface area contributed by atoms with Crippen molar-refractivity contribution < 1.29 is 4.79 Å².